The van der Waals surface area contributed by atoms with Crippen molar-refractivity contribution >= 4 is 23.2 Å². The monoisotopic (exact) mass is 463 g/mol. The summed E-state index contributed by atoms with van der Waals surface area (Å²) < 4.78 is 1.75. The van der Waals surface area contributed by atoms with Crippen molar-refractivity contribution in [2.45, 2.75) is 19.3 Å². The van der Waals surface area contributed by atoms with Gasteiger partial charge in [-0.3, -0.25) is 14.5 Å². The second-order valence-electron chi connectivity index (χ2n) is 8.65. The molecule has 0 bridgehead atoms. The molecular formula is C25H29N5O2S. The fourth-order valence-electron chi connectivity index (χ4n) is 4.55. The molecule has 8 heteroatoms. The number of thiophene rings is 1. The molecule has 1 aromatic carbocycles. The van der Waals surface area contributed by atoms with Gasteiger partial charge in [-0.1, -0.05) is 24.3 Å². The van der Waals surface area contributed by atoms with Crippen LogP contribution in [0.2, 0.25) is 0 Å². The highest BCUT2D eigenvalue weighted by Gasteiger charge is 2.28. The smallest absolute Gasteiger partial charge is 0.272 e. The number of hydrogen-bond donors (Lipinski definition) is 0. The van der Waals surface area contributed by atoms with E-state index >= 15 is 0 Å². The van der Waals surface area contributed by atoms with Crippen molar-refractivity contribution in [3.8, 4) is 16.3 Å². The lowest BCUT2D eigenvalue weighted by atomic mass is 10.1. The number of carbonyl (C=O) groups excluding carboxylic acids is 2. The fraction of sp³-hybridized carbons (Fsp3) is 0.400. The number of rotatable bonds is 5. The number of likely N-dealkylation sites (tertiary alicyclic amines) is 1. The average Bonchev–Trinajstić information content (AvgIpc) is 3.56. The standard InChI is InChI=1S/C25H29N5O2S/c31-24(28-11-5-2-6-12-28)19-27-13-15-29(16-14-27)25(32)22-18-21(23-10-7-17-33-23)26-30(22)20-8-3-1-4-9-20/h1,3-4,7-10,17-18H,2,5-6,11-16,19H2. The molecule has 2 saturated heterocycles. The van der Waals surface area contributed by atoms with Crippen LogP contribution < -0.4 is 0 Å². The molecule has 0 spiro atoms. The maximum atomic E-state index is 13.5. The minimum atomic E-state index is -0.0174. The first-order valence-corrected chi connectivity index (χ1v) is 12.6. The van der Waals surface area contributed by atoms with Crippen LogP contribution in [0.5, 0.6) is 0 Å². The minimum absolute atomic E-state index is 0.0174. The van der Waals surface area contributed by atoms with Crippen LogP contribution in [0.25, 0.3) is 16.3 Å². The average molecular weight is 464 g/mol. The second-order valence-corrected chi connectivity index (χ2v) is 9.60. The summed E-state index contributed by atoms with van der Waals surface area (Å²) in [6.07, 6.45) is 3.44. The van der Waals surface area contributed by atoms with E-state index in [-0.39, 0.29) is 11.8 Å². The Labute approximate surface area is 198 Å². The van der Waals surface area contributed by atoms with E-state index in [4.69, 9.17) is 5.10 Å². The molecule has 7 nitrogen and oxygen atoms in total. The molecule has 4 heterocycles. The van der Waals surface area contributed by atoms with Crippen molar-refractivity contribution in [3.63, 3.8) is 0 Å². The second kappa shape index (κ2) is 9.89. The van der Waals surface area contributed by atoms with Gasteiger partial charge in [0.25, 0.3) is 5.91 Å². The number of benzene rings is 1. The Balaban J connectivity index is 1.28. The summed E-state index contributed by atoms with van der Waals surface area (Å²) in [5.74, 6) is 0.202. The summed E-state index contributed by atoms with van der Waals surface area (Å²) in [6, 6.07) is 15.7. The lowest BCUT2D eigenvalue weighted by Crippen LogP contribution is -2.52. The lowest BCUT2D eigenvalue weighted by Gasteiger charge is -2.36. The molecule has 0 atom stereocenters. The molecule has 0 saturated carbocycles. The van der Waals surface area contributed by atoms with Crippen LogP contribution in [-0.2, 0) is 4.79 Å². The molecule has 0 N–H and O–H groups in total. The van der Waals surface area contributed by atoms with Gasteiger partial charge in [-0.2, -0.15) is 5.10 Å². The minimum Gasteiger partial charge on any atom is -0.342 e. The van der Waals surface area contributed by atoms with Gasteiger partial charge in [0.2, 0.25) is 5.91 Å². The summed E-state index contributed by atoms with van der Waals surface area (Å²) in [7, 11) is 0. The van der Waals surface area contributed by atoms with Crippen molar-refractivity contribution in [2.75, 3.05) is 45.8 Å². The van der Waals surface area contributed by atoms with Gasteiger partial charge >= 0.3 is 0 Å². The molecule has 2 fully saturated rings. The Hall–Kier alpha value is -2.97. The maximum Gasteiger partial charge on any atom is 0.272 e. The number of hydrogen-bond acceptors (Lipinski definition) is 5. The van der Waals surface area contributed by atoms with E-state index in [9.17, 15) is 9.59 Å². The van der Waals surface area contributed by atoms with Crippen molar-refractivity contribution < 1.29 is 9.59 Å². The van der Waals surface area contributed by atoms with E-state index in [0.29, 0.717) is 38.4 Å². The van der Waals surface area contributed by atoms with Crippen molar-refractivity contribution in [3.05, 3.63) is 59.6 Å². The van der Waals surface area contributed by atoms with E-state index in [1.807, 2.05) is 63.7 Å². The predicted octanol–water partition coefficient (Wildman–Crippen LogP) is 3.37. The lowest BCUT2D eigenvalue weighted by molar-refractivity contribution is -0.133. The van der Waals surface area contributed by atoms with Crippen molar-refractivity contribution in [1.29, 1.82) is 0 Å². The third-order valence-electron chi connectivity index (χ3n) is 6.43. The third-order valence-corrected chi connectivity index (χ3v) is 7.32. The SMILES string of the molecule is O=C(CN1CCN(C(=O)c2cc(-c3cccs3)nn2-c2ccccc2)CC1)N1CCCCC1. The molecule has 5 rings (SSSR count). The van der Waals surface area contributed by atoms with Gasteiger partial charge in [0.05, 0.1) is 17.1 Å². The quantitative estimate of drug-likeness (QED) is 0.582. The first kappa shape index (κ1) is 21.9. The van der Waals surface area contributed by atoms with Gasteiger partial charge in [-0.15, -0.1) is 11.3 Å². The molecule has 33 heavy (non-hydrogen) atoms. The van der Waals surface area contributed by atoms with Crippen LogP contribution in [0.15, 0.2) is 53.9 Å². The third kappa shape index (κ3) is 4.86. The molecular weight excluding hydrogens is 434 g/mol. The highest BCUT2D eigenvalue weighted by molar-refractivity contribution is 7.13. The Bertz CT molecular complexity index is 1080. The Kier molecular flexibility index (Phi) is 6.55. The summed E-state index contributed by atoms with van der Waals surface area (Å²) in [6.45, 7) is 4.86. The molecule has 2 aliphatic heterocycles. The summed E-state index contributed by atoms with van der Waals surface area (Å²) >= 11 is 1.61. The molecule has 0 aliphatic carbocycles. The van der Waals surface area contributed by atoms with Gasteiger partial charge < -0.3 is 9.80 Å². The van der Waals surface area contributed by atoms with Crippen molar-refractivity contribution in [1.82, 2.24) is 24.5 Å². The van der Waals surface area contributed by atoms with E-state index in [2.05, 4.69) is 4.90 Å². The van der Waals surface area contributed by atoms with Gasteiger partial charge in [0, 0.05) is 39.3 Å². The zero-order valence-corrected chi connectivity index (χ0v) is 19.5. The largest absolute Gasteiger partial charge is 0.342 e. The molecule has 0 unspecified atom stereocenters. The molecule has 0 radical (unpaired) electrons. The molecule has 2 amide bonds. The molecule has 2 aromatic heterocycles. The number of para-hydroxylation sites is 1. The highest BCUT2D eigenvalue weighted by atomic mass is 32.1. The topological polar surface area (TPSA) is 61.7 Å². The number of aromatic nitrogens is 2. The fourth-order valence-corrected chi connectivity index (χ4v) is 5.23. The van der Waals surface area contributed by atoms with Crippen LogP contribution in [-0.4, -0.2) is 82.1 Å². The van der Waals surface area contributed by atoms with E-state index in [1.54, 1.807) is 16.0 Å². The zero-order valence-electron chi connectivity index (χ0n) is 18.7. The van der Waals surface area contributed by atoms with Crippen LogP contribution in [0.4, 0.5) is 0 Å². The summed E-state index contributed by atoms with van der Waals surface area (Å²) in [5.41, 5.74) is 2.25. The normalized spacial score (nSPS) is 17.3. The number of piperidine rings is 1. The van der Waals surface area contributed by atoms with E-state index in [1.165, 1.54) is 6.42 Å². The molecule has 2 aliphatic rings. The Morgan fingerprint density at radius 2 is 1.61 bits per heavy atom. The predicted molar refractivity (Wildman–Crippen MR) is 130 cm³/mol. The molecule has 172 valence electrons. The number of carbonyl (C=O) groups is 2. The van der Waals surface area contributed by atoms with E-state index in [0.717, 1.165) is 42.2 Å². The van der Waals surface area contributed by atoms with Gasteiger partial charge in [-0.25, -0.2) is 4.68 Å². The summed E-state index contributed by atoms with van der Waals surface area (Å²) in [5, 5.41) is 6.78. The van der Waals surface area contributed by atoms with Crippen LogP contribution in [0.1, 0.15) is 29.8 Å². The number of nitrogens with zero attached hydrogens (tertiary/aromatic N) is 5. The highest BCUT2D eigenvalue weighted by Crippen LogP contribution is 2.26. The first-order valence-electron chi connectivity index (χ1n) is 11.7. The summed E-state index contributed by atoms with van der Waals surface area (Å²) in [4.78, 5) is 33.2. The van der Waals surface area contributed by atoms with Crippen LogP contribution in [0, 0.1) is 0 Å². The number of amides is 2. The zero-order chi connectivity index (χ0) is 22.6. The van der Waals surface area contributed by atoms with Gasteiger partial charge in [0.15, 0.2) is 0 Å². The maximum absolute atomic E-state index is 13.5. The number of piperazine rings is 1. The van der Waals surface area contributed by atoms with Gasteiger partial charge in [-0.05, 0) is 48.9 Å². The van der Waals surface area contributed by atoms with Crippen LogP contribution in [0.3, 0.4) is 0 Å². The van der Waals surface area contributed by atoms with E-state index < -0.39 is 0 Å². The van der Waals surface area contributed by atoms with Gasteiger partial charge in [0.1, 0.15) is 11.4 Å². The molecule has 3 aromatic rings. The van der Waals surface area contributed by atoms with Crippen molar-refractivity contribution in [2.24, 2.45) is 0 Å². The Morgan fingerprint density at radius 1 is 0.848 bits per heavy atom. The van der Waals surface area contributed by atoms with Crippen LogP contribution >= 0.6 is 11.3 Å². The Morgan fingerprint density at radius 3 is 2.30 bits per heavy atom. The first-order chi connectivity index (χ1) is 16.2.